The number of thioether (sulfide) groups is 1. The molecule has 0 spiro atoms. The first-order valence-electron chi connectivity index (χ1n) is 6.39. The second-order valence-corrected chi connectivity index (χ2v) is 6.71. The van der Waals surface area contributed by atoms with E-state index in [1.165, 1.54) is 30.2 Å². The molecule has 0 saturated carbocycles. The lowest BCUT2D eigenvalue weighted by atomic mass is 10.1. The molecule has 2 aromatic heterocycles. The van der Waals surface area contributed by atoms with Gasteiger partial charge in [0.15, 0.2) is 5.16 Å². The first-order chi connectivity index (χ1) is 10.4. The maximum atomic E-state index is 12.1. The second-order valence-electron chi connectivity index (χ2n) is 4.54. The molecule has 118 valence electrons. The van der Waals surface area contributed by atoms with Crippen LogP contribution in [0.4, 0.5) is 5.00 Å². The van der Waals surface area contributed by atoms with E-state index in [2.05, 4.69) is 15.5 Å². The quantitative estimate of drug-likeness (QED) is 0.662. The maximum absolute atomic E-state index is 12.1. The van der Waals surface area contributed by atoms with E-state index in [4.69, 9.17) is 4.74 Å². The van der Waals surface area contributed by atoms with Crippen LogP contribution < -0.4 is 5.32 Å². The summed E-state index contributed by atoms with van der Waals surface area (Å²) in [5, 5.41) is 11.6. The molecule has 1 amide bonds. The van der Waals surface area contributed by atoms with Crippen LogP contribution in [0.15, 0.2) is 11.5 Å². The van der Waals surface area contributed by atoms with Gasteiger partial charge in [-0.15, -0.1) is 21.5 Å². The highest BCUT2D eigenvalue weighted by Gasteiger charge is 2.21. The summed E-state index contributed by atoms with van der Waals surface area (Å²) in [4.78, 5) is 24.9. The van der Waals surface area contributed by atoms with Crippen LogP contribution in [0.5, 0.6) is 0 Å². The Bertz CT molecular complexity index is 708. The van der Waals surface area contributed by atoms with Crippen molar-refractivity contribution in [3.8, 4) is 0 Å². The third-order valence-corrected chi connectivity index (χ3v) is 5.19. The Labute approximate surface area is 136 Å². The molecule has 9 heteroatoms. The second kappa shape index (κ2) is 6.93. The first kappa shape index (κ1) is 16.5. The molecular weight excluding hydrogens is 324 g/mol. The number of aryl methyl sites for hydroxylation is 2. The molecule has 0 aliphatic carbocycles. The number of ether oxygens (including phenoxy) is 1. The van der Waals surface area contributed by atoms with Gasteiger partial charge < -0.3 is 14.6 Å². The molecule has 1 N–H and O–H groups in total. The number of nitrogens with zero attached hydrogens (tertiary/aromatic N) is 3. The van der Waals surface area contributed by atoms with Crippen molar-refractivity contribution < 1.29 is 14.3 Å². The highest BCUT2D eigenvalue weighted by Crippen LogP contribution is 2.33. The SMILES string of the molecule is COC(=O)c1c(NC(=O)CSc2nncn2C)sc(C)c1C. The van der Waals surface area contributed by atoms with Gasteiger partial charge in [0, 0.05) is 11.9 Å². The van der Waals surface area contributed by atoms with Crippen LogP contribution in [0, 0.1) is 13.8 Å². The van der Waals surface area contributed by atoms with Gasteiger partial charge in [-0.3, -0.25) is 4.79 Å². The topological polar surface area (TPSA) is 86.1 Å². The van der Waals surface area contributed by atoms with Gasteiger partial charge in [0.25, 0.3) is 0 Å². The van der Waals surface area contributed by atoms with Gasteiger partial charge in [-0.2, -0.15) is 0 Å². The number of nitrogens with one attached hydrogen (secondary N) is 1. The molecule has 0 unspecified atom stereocenters. The van der Waals surface area contributed by atoms with Gasteiger partial charge in [-0.05, 0) is 19.4 Å². The predicted octanol–water partition coefficient (Wildman–Crippen LogP) is 2.01. The summed E-state index contributed by atoms with van der Waals surface area (Å²) < 4.78 is 6.51. The summed E-state index contributed by atoms with van der Waals surface area (Å²) in [6.07, 6.45) is 1.57. The van der Waals surface area contributed by atoms with E-state index in [9.17, 15) is 9.59 Å². The lowest BCUT2D eigenvalue weighted by Gasteiger charge is -2.06. The van der Waals surface area contributed by atoms with Crippen LogP contribution in [0.2, 0.25) is 0 Å². The number of rotatable bonds is 5. The smallest absolute Gasteiger partial charge is 0.341 e. The molecule has 2 aromatic rings. The molecular formula is C13H16N4O3S2. The minimum atomic E-state index is -0.446. The van der Waals surface area contributed by atoms with Gasteiger partial charge in [0.1, 0.15) is 11.3 Å². The van der Waals surface area contributed by atoms with E-state index >= 15 is 0 Å². The standard InChI is InChI=1S/C13H16N4O3S2/c1-7-8(2)22-11(10(7)12(19)20-4)15-9(18)5-21-13-16-14-6-17(13)3/h6H,5H2,1-4H3,(H,15,18). The van der Waals surface area contributed by atoms with Crippen LogP contribution in [0.3, 0.4) is 0 Å². The molecule has 2 rings (SSSR count). The summed E-state index contributed by atoms with van der Waals surface area (Å²) in [6, 6.07) is 0. The number of esters is 1. The average molecular weight is 340 g/mol. The van der Waals surface area contributed by atoms with Crippen molar-refractivity contribution in [1.29, 1.82) is 0 Å². The van der Waals surface area contributed by atoms with Crippen molar-refractivity contribution >= 4 is 40.0 Å². The van der Waals surface area contributed by atoms with Crippen molar-refractivity contribution in [3.05, 3.63) is 22.3 Å². The summed E-state index contributed by atoms with van der Waals surface area (Å²) >= 11 is 2.64. The molecule has 22 heavy (non-hydrogen) atoms. The van der Waals surface area contributed by atoms with Gasteiger partial charge in [0.2, 0.25) is 5.91 Å². The molecule has 0 fully saturated rings. The number of carbonyl (C=O) groups is 2. The van der Waals surface area contributed by atoms with Crippen LogP contribution >= 0.6 is 23.1 Å². The van der Waals surface area contributed by atoms with E-state index in [0.717, 1.165) is 10.4 Å². The number of thiophene rings is 1. The Morgan fingerprint density at radius 2 is 2.18 bits per heavy atom. The summed E-state index contributed by atoms with van der Waals surface area (Å²) in [6.45, 7) is 3.73. The number of amides is 1. The Hall–Kier alpha value is -1.87. The number of hydrogen-bond acceptors (Lipinski definition) is 7. The third kappa shape index (κ3) is 3.47. The number of aromatic nitrogens is 3. The minimum absolute atomic E-state index is 0.184. The lowest BCUT2D eigenvalue weighted by molar-refractivity contribution is -0.113. The first-order valence-corrected chi connectivity index (χ1v) is 8.19. The van der Waals surface area contributed by atoms with Gasteiger partial charge >= 0.3 is 5.97 Å². The molecule has 7 nitrogen and oxygen atoms in total. The fourth-order valence-electron chi connectivity index (χ4n) is 1.76. The molecule has 0 aliphatic rings. The molecule has 0 radical (unpaired) electrons. The van der Waals surface area contributed by atoms with Crippen molar-refractivity contribution in [2.24, 2.45) is 7.05 Å². The Morgan fingerprint density at radius 1 is 1.45 bits per heavy atom. The monoisotopic (exact) mass is 340 g/mol. The number of carbonyl (C=O) groups excluding carboxylic acids is 2. The van der Waals surface area contributed by atoms with E-state index in [-0.39, 0.29) is 11.7 Å². The molecule has 0 aromatic carbocycles. The van der Waals surface area contributed by atoms with Gasteiger partial charge in [0.05, 0.1) is 18.4 Å². The van der Waals surface area contributed by atoms with E-state index < -0.39 is 5.97 Å². The number of hydrogen-bond donors (Lipinski definition) is 1. The van der Waals surface area contributed by atoms with Crippen molar-refractivity contribution in [1.82, 2.24) is 14.8 Å². The Morgan fingerprint density at radius 3 is 2.77 bits per heavy atom. The normalized spacial score (nSPS) is 10.5. The van der Waals surface area contributed by atoms with E-state index in [1.54, 1.807) is 10.9 Å². The molecule has 0 atom stereocenters. The molecule has 0 bridgehead atoms. The number of methoxy groups -OCH3 is 1. The zero-order valence-corrected chi connectivity index (χ0v) is 14.3. The van der Waals surface area contributed by atoms with Crippen molar-refractivity contribution in [3.63, 3.8) is 0 Å². The highest BCUT2D eigenvalue weighted by molar-refractivity contribution is 7.99. The Kier molecular flexibility index (Phi) is 5.19. The summed E-state index contributed by atoms with van der Waals surface area (Å²) in [5.41, 5.74) is 1.25. The fraction of sp³-hybridized carbons (Fsp3) is 0.385. The van der Waals surface area contributed by atoms with Crippen molar-refractivity contribution in [2.75, 3.05) is 18.2 Å². The number of anilines is 1. The fourth-order valence-corrected chi connectivity index (χ4v) is 3.51. The average Bonchev–Trinajstić information content (AvgIpc) is 3.00. The summed E-state index contributed by atoms with van der Waals surface area (Å²) in [7, 11) is 3.13. The third-order valence-electron chi connectivity index (χ3n) is 3.03. The lowest BCUT2D eigenvalue weighted by Crippen LogP contribution is -2.16. The molecule has 0 aliphatic heterocycles. The zero-order valence-electron chi connectivity index (χ0n) is 12.7. The molecule has 2 heterocycles. The van der Waals surface area contributed by atoms with Gasteiger partial charge in [-0.25, -0.2) is 4.79 Å². The van der Waals surface area contributed by atoms with Crippen molar-refractivity contribution in [2.45, 2.75) is 19.0 Å². The minimum Gasteiger partial charge on any atom is -0.465 e. The Balaban J connectivity index is 2.07. The van der Waals surface area contributed by atoms with Gasteiger partial charge in [-0.1, -0.05) is 11.8 Å². The van der Waals surface area contributed by atoms with E-state index in [0.29, 0.717) is 15.7 Å². The van der Waals surface area contributed by atoms with Crippen LogP contribution in [-0.4, -0.2) is 39.5 Å². The zero-order chi connectivity index (χ0) is 16.3. The van der Waals surface area contributed by atoms with Crippen LogP contribution in [0.1, 0.15) is 20.8 Å². The summed E-state index contributed by atoms with van der Waals surface area (Å²) in [5.74, 6) is -0.471. The predicted molar refractivity (Wildman–Crippen MR) is 85.5 cm³/mol. The largest absolute Gasteiger partial charge is 0.465 e. The van der Waals surface area contributed by atoms with E-state index in [1.807, 2.05) is 20.9 Å². The maximum Gasteiger partial charge on any atom is 0.341 e. The highest BCUT2D eigenvalue weighted by atomic mass is 32.2. The van der Waals surface area contributed by atoms with Crippen LogP contribution in [-0.2, 0) is 16.6 Å². The van der Waals surface area contributed by atoms with Crippen LogP contribution in [0.25, 0.3) is 0 Å². The molecule has 0 saturated heterocycles.